The molecule has 0 aliphatic carbocycles. The standard InChI is InChI=1S/C12H15N3O3S/c1-7-4-5-10(11(16)6-7)15-19(17,18)12-8(2)13-14-9(12)3/h4-6,15-16H,1-3H3,(H,13,14). The van der Waals surface area contributed by atoms with Crippen LogP contribution in [-0.2, 0) is 10.0 Å². The lowest BCUT2D eigenvalue weighted by atomic mass is 10.2. The van der Waals surface area contributed by atoms with Crippen molar-refractivity contribution in [3.63, 3.8) is 0 Å². The first-order valence-electron chi connectivity index (χ1n) is 5.65. The van der Waals surface area contributed by atoms with Crippen LogP contribution in [0, 0.1) is 20.8 Å². The van der Waals surface area contributed by atoms with Crippen molar-refractivity contribution in [1.82, 2.24) is 10.2 Å². The highest BCUT2D eigenvalue weighted by Gasteiger charge is 2.23. The van der Waals surface area contributed by atoms with Crippen molar-refractivity contribution in [2.75, 3.05) is 4.72 Å². The Morgan fingerprint density at radius 2 is 1.95 bits per heavy atom. The van der Waals surface area contributed by atoms with Crippen LogP contribution in [0.25, 0.3) is 0 Å². The fourth-order valence-corrected chi connectivity index (χ4v) is 3.31. The van der Waals surface area contributed by atoms with Crippen molar-refractivity contribution < 1.29 is 13.5 Å². The van der Waals surface area contributed by atoms with Crippen LogP contribution in [0.1, 0.15) is 17.0 Å². The summed E-state index contributed by atoms with van der Waals surface area (Å²) in [5.41, 5.74) is 1.83. The van der Waals surface area contributed by atoms with E-state index in [-0.39, 0.29) is 16.3 Å². The van der Waals surface area contributed by atoms with Gasteiger partial charge in [-0.3, -0.25) is 9.82 Å². The summed E-state index contributed by atoms with van der Waals surface area (Å²) in [6.45, 7) is 5.04. The van der Waals surface area contributed by atoms with Crippen molar-refractivity contribution >= 4 is 15.7 Å². The third-order valence-electron chi connectivity index (χ3n) is 2.73. The minimum Gasteiger partial charge on any atom is -0.506 e. The predicted molar refractivity (Wildman–Crippen MR) is 71.7 cm³/mol. The van der Waals surface area contributed by atoms with Gasteiger partial charge in [-0.15, -0.1) is 0 Å². The minimum atomic E-state index is -3.77. The van der Waals surface area contributed by atoms with Crippen molar-refractivity contribution in [2.24, 2.45) is 0 Å². The number of aryl methyl sites for hydroxylation is 3. The second-order valence-electron chi connectivity index (χ2n) is 4.39. The van der Waals surface area contributed by atoms with E-state index in [4.69, 9.17) is 0 Å². The van der Waals surface area contributed by atoms with Gasteiger partial charge in [0.1, 0.15) is 10.6 Å². The zero-order chi connectivity index (χ0) is 14.2. The molecule has 2 aromatic rings. The molecule has 0 saturated carbocycles. The van der Waals surface area contributed by atoms with Gasteiger partial charge in [0.05, 0.1) is 17.1 Å². The monoisotopic (exact) mass is 281 g/mol. The summed E-state index contributed by atoms with van der Waals surface area (Å²) < 4.78 is 26.9. The number of aromatic nitrogens is 2. The van der Waals surface area contributed by atoms with Gasteiger partial charge in [0.15, 0.2) is 0 Å². The van der Waals surface area contributed by atoms with Crippen LogP contribution in [0.15, 0.2) is 23.1 Å². The first-order valence-corrected chi connectivity index (χ1v) is 7.13. The van der Waals surface area contributed by atoms with Crippen LogP contribution in [0.5, 0.6) is 5.75 Å². The summed E-state index contributed by atoms with van der Waals surface area (Å²) in [6.07, 6.45) is 0. The molecule has 3 N–H and O–H groups in total. The van der Waals surface area contributed by atoms with E-state index in [2.05, 4.69) is 14.9 Å². The van der Waals surface area contributed by atoms with E-state index in [0.717, 1.165) is 5.56 Å². The zero-order valence-corrected chi connectivity index (χ0v) is 11.7. The maximum atomic E-state index is 12.3. The summed E-state index contributed by atoms with van der Waals surface area (Å²) in [5, 5.41) is 16.2. The average molecular weight is 281 g/mol. The predicted octanol–water partition coefficient (Wildman–Crippen LogP) is 1.84. The number of nitrogens with zero attached hydrogens (tertiary/aromatic N) is 1. The lowest BCUT2D eigenvalue weighted by Crippen LogP contribution is -2.14. The normalized spacial score (nSPS) is 11.5. The van der Waals surface area contributed by atoms with Gasteiger partial charge in [-0.2, -0.15) is 5.10 Å². The van der Waals surface area contributed by atoms with Gasteiger partial charge in [-0.05, 0) is 38.5 Å². The zero-order valence-electron chi connectivity index (χ0n) is 10.9. The van der Waals surface area contributed by atoms with Crippen LogP contribution >= 0.6 is 0 Å². The molecule has 0 bridgehead atoms. The molecule has 102 valence electrons. The van der Waals surface area contributed by atoms with Gasteiger partial charge < -0.3 is 5.11 Å². The summed E-state index contributed by atoms with van der Waals surface area (Å²) in [4.78, 5) is 0.104. The number of anilines is 1. The summed E-state index contributed by atoms with van der Waals surface area (Å²) in [7, 11) is -3.77. The van der Waals surface area contributed by atoms with Gasteiger partial charge in [-0.1, -0.05) is 6.07 Å². The SMILES string of the molecule is Cc1ccc(NS(=O)(=O)c2c(C)n[nH]c2C)c(O)c1. The molecule has 2 rings (SSSR count). The molecule has 0 aliphatic heterocycles. The molecule has 1 aromatic heterocycles. The number of sulfonamides is 1. The smallest absolute Gasteiger partial charge is 0.265 e. The number of rotatable bonds is 3. The number of benzene rings is 1. The molecule has 0 spiro atoms. The van der Waals surface area contributed by atoms with E-state index >= 15 is 0 Å². The molecule has 0 atom stereocenters. The average Bonchev–Trinajstić information content (AvgIpc) is 2.63. The number of aromatic amines is 1. The molecule has 0 radical (unpaired) electrons. The molecule has 0 aliphatic rings. The molecule has 19 heavy (non-hydrogen) atoms. The summed E-state index contributed by atoms with van der Waals surface area (Å²) in [6, 6.07) is 4.73. The first-order chi connectivity index (χ1) is 8.81. The molecule has 0 saturated heterocycles. The molecular weight excluding hydrogens is 266 g/mol. The Kier molecular flexibility index (Phi) is 3.23. The molecule has 7 heteroatoms. The second-order valence-corrected chi connectivity index (χ2v) is 6.01. The topological polar surface area (TPSA) is 95.1 Å². The highest BCUT2D eigenvalue weighted by Crippen LogP contribution is 2.27. The highest BCUT2D eigenvalue weighted by molar-refractivity contribution is 7.92. The van der Waals surface area contributed by atoms with Crippen molar-refractivity contribution in [1.29, 1.82) is 0 Å². The lowest BCUT2D eigenvalue weighted by Gasteiger charge is -2.10. The van der Waals surface area contributed by atoms with Crippen LogP contribution in [0.2, 0.25) is 0 Å². The van der Waals surface area contributed by atoms with Crippen molar-refractivity contribution in [3.8, 4) is 5.75 Å². The third kappa shape index (κ3) is 2.55. The number of nitrogens with one attached hydrogen (secondary N) is 2. The lowest BCUT2D eigenvalue weighted by molar-refractivity contribution is 0.477. The number of aromatic hydroxyl groups is 1. The molecule has 0 fully saturated rings. The van der Waals surface area contributed by atoms with Gasteiger partial charge in [-0.25, -0.2) is 8.42 Å². The van der Waals surface area contributed by atoms with E-state index in [1.165, 1.54) is 12.1 Å². The van der Waals surface area contributed by atoms with E-state index in [1.807, 2.05) is 6.92 Å². The van der Waals surface area contributed by atoms with Gasteiger partial charge in [0.2, 0.25) is 0 Å². The Morgan fingerprint density at radius 1 is 1.26 bits per heavy atom. The Morgan fingerprint density at radius 3 is 2.47 bits per heavy atom. The van der Waals surface area contributed by atoms with Gasteiger partial charge in [0, 0.05) is 0 Å². The molecule has 1 aromatic carbocycles. The van der Waals surface area contributed by atoms with Crippen LogP contribution in [-0.4, -0.2) is 23.7 Å². The molecule has 1 heterocycles. The summed E-state index contributed by atoms with van der Waals surface area (Å²) >= 11 is 0. The molecular formula is C12H15N3O3S. The molecule has 0 unspecified atom stereocenters. The Labute approximate surface area is 111 Å². The largest absolute Gasteiger partial charge is 0.506 e. The number of phenols is 1. The Bertz CT molecular complexity index is 700. The second kappa shape index (κ2) is 4.58. The van der Waals surface area contributed by atoms with Crippen molar-refractivity contribution in [3.05, 3.63) is 35.2 Å². The molecule has 6 nitrogen and oxygen atoms in total. The number of phenolic OH excluding ortho intramolecular Hbond substituents is 1. The maximum absolute atomic E-state index is 12.3. The number of hydrogen-bond donors (Lipinski definition) is 3. The number of H-pyrrole nitrogens is 1. The fraction of sp³-hybridized carbons (Fsp3) is 0.250. The van der Waals surface area contributed by atoms with E-state index in [1.54, 1.807) is 19.9 Å². The van der Waals surface area contributed by atoms with Gasteiger partial charge in [0.25, 0.3) is 10.0 Å². The van der Waals surface area contributed by atoms with E-state index in [9.17, 15) is 13.5 Å². The van der Waals surface area contributed by atoms with Crippen LogP contribution in [0.3, 0.4) is 0 Å². The number of hydrogen-bond acceptors (Lipinski definition) is 4. The van der Waals surface area contributed by atoms with Crippen molar-refractivity contribution in [2.45, 2.75) is 25.7 Å². The van der Waals surface area contributed by atoms with Crippen LogP contribution in [0.4, 0.5) is 5.69 Å². The quantitative estimate of drug-likeness (QED) is 0.748. The van der Waals surface area contributed by atoms with E-state index < -0.39 is 10.0 Å². The first kappa shape index (κ1) is 13.4. The Balaban J connectivity index is 2.42. The molecule has 0 amide bonds. The fourth-order valence-electron chi connectivity index (χ4n) is 1.86. The third-order valence-corrected chi connectivity index (χ3v) is 4.35. The maximum Gasteiger partial charge on any atom is 0.265 e. The minimum absolute atomic E-state index is 0.104. The highest BCUT2D eigenvalue weighted by atomic mass is 32.2. The van der Waals surface area contributed by atoms with E-state index in [0.29, 0.717) is 11.4 Å². The van der Waals surface area contributed by atoms with Gasteiger partial charge >= 0.3 is 0 Å². The van der Waals surface area contributed by atoms with Crippen LogP contribution < -0.4 is 4.72 Å². The Hall–Kier alpha value is -2.02. The summed E-state index contributed by atoms with van der Waals surface area (Å²) in [5.74, 6) is -0.109.